The van der Waals surface area contributed by atoms with Crippen molar-refractivity contribution in [3.63, 3.8) is 0 Å². The fourth-order valence-corrected chi connectivity index (χ4v) is 2.59. The molecule has 1 atom stereocenters. The Balaban J connectivity index is 1.87. The van der Waals surface area contributed by atoms with E-state index in [9.17, 15) is 0 Å². The minimum absolute atomic E-state index is 0.0144. The molecule has 0 aliphatic rings. The molecule has 0 aliphatic heterocycles. The molecule has 3 nitrogen and oxygen atoms in total. The van der Waals surface area contributed by atoms with Crippen molar-refractivity contribution in [2.45, 2.75) is 19.4 Å². The summed E-state index contributed by atoms with van der Waals surface area (Å²) in [5.74, 6) is 0. The highest BCUT2D eigenvalue weighted by molar-refractivity contribution is 7.09. The molecule has 2 N–H and O–H groups in total. The van der Waals surface area contributed by atoms with Crippen LogP contribution >= 0.6 is 11.3 Å². The summed E-state index contributed by atoms with van der Waals surface area (Å²) >= 11 is 1.68. The van der Waals surface area contributed by atoms with Crippen molar-refractivity contribution in [2.75, 3.05) is 13.2 Å². The molecule has 0 fully saturated rings. The summed E-state index contributed by atoms with van der Waals surface area (Å²) in [6.07, 6.45) is 0.888. The summed E-state index contributed by atoms with van der Waals surface area (Å²) in [5, 5.41) is 0. The Morgan fingerprint density at radius 3 is 2.72 bits per heavy atom. The number of nitrogens with zero attached hydrogens (tertiary/aromatic N) is 1. The van der Waals surface area contributed by atoms with Crippen LogP contribution in [-0.2, 0) is 11.2 Å². The molecule has 1 aromatic carbocycles. The van der Waals surface area contributed by atoms with Crippen LogP contribution in [0.1, 0.15) is 22.2 Å². The highest BCUT2D eigenvalue weighted by Crippen LogP contribution is 2.18. The van der Waals surface area contributed by atoms with Crippen LogP contribution in [0.15, 0.2) is 35.8 Å². The van der Waals surface area contributed by atoms with Crippen LogP contribution in [0.25, 0.3) is 0 Å². The van der Waals surface area contributed by atoms with E-state index in [0.717, 1.165) is 17.7 Å². The van der Waals surface area contributed by atoms with Crippen molar-refractivity contribution in [1.29, 1.82) is 0 Å². The zero-order valence-electron chi connectivity index (χ0n) is 10.5. The molecule has 0 radical (unpaired) electrons. The largest absolute Gasteiger partial charge is 0.372 e. The van der Waals surface area contributed by atoms with Gasteiger partial charge >= 0.3 is 0 Å². The number of rotatable bonds is 6. The van der Waals surface area contributed by atoms with Gasteiger partial charge in [0.15, 0.2) is 0 Å². The SMILES string of the molecule is Cc1ncsc1CCOC(CN)c1ccccc1. The van der Waals surface area contributed by atoms with Crippen molar-refractivity contribution in [3.8, 4) is 0 Å². The highest BCUT2D eigenvalue weighted by Gasteiger charge is 2.10. The van der Waals surface area contributed by atoms with Crippen LogP contribution in [0.2, 0.25) is 0 Å². The fraction of sp³-hybridized carbons (Fsp3) is 0.357. The number of aryl methyl sites for hydroxylation is 1. The number of aromatic nitrogens is 1. The first-order chi connectivity index (χ1) is 8.81. The zero-order chi connectivity index (χ0) is 12.8. The van der Waals surface area contributed by atoms with Crippen LogP contribution in [-0.4, -0.2) is 18.1 Å². The van der Waals surface area contributed by atoms with Crippen LogP contribution in [0.4, 0.5) is 0 Å². The molecule has 2 aromatic rings. The van der Waals surface area contributed by atoms with Gasteiger partial charge in [-0.2, -0.15) is 0 Å². The fourth-order valence-electron chi connectivity index (χ4n) is 1.83. The number of benzene rings is 1. The van der Waals surface area contributed by atoms with Gasteiger partial charge < -0.3 is 10.5 Å². The lowest BCUT2D eigenvalue weighted by molar-refractivity contribution is 0.0611. The quantitative estimate of drug-likeness (QED) is 0.870. The number of hydrogen-bond acceptors (Lipinski definition) is 4. The predicted molar refractivity (Wildman–Crippen MR) is 74.7 cm³/mol. The van der Waals surface area contributed by atoms with Crippen LogP contribution in [0, 0.1) is 6.92 Å². The summed E-state index contributed by atoms with van der Waals surface area (Å²) in [5.41, 5.74) is 9.88. The van der Waals surface area contributed by atoms with Gasteiger partial charge in [-0.05, 0) is 12.5 Å². The van der Waals surface area contributed by atoms with Gasteiger partial charge in [0, 0.05) is 17.8 Å². The Morgan fingerprint density at radius 2 is 2.11 bits per heavy atom. The lowest BCUT2D eigenvalue weighted by Gasteiger charge is -2.16. The first-order valence-corrected chi connectivity index (χ1v) is 6.95. The second-order valence-corrected chi connectivity index (χ2v) is 5.06. The average molecular weight is 262 g/mol. The monoisotopic (exact) mass is 262 g/mol. The normalized spacial score (nSPS) is 12.6. The number of ether oxygens (including phenoxy) is 1. The smallest absolute Gasteiger partial charge is 0.0947 e. The molecule has 4 heteroatoms. The Morgan fingerprint density at radius 1 is 1.33 bits per heavy atom. The molecule has 18 heavy (non-hydrogen) atoms. The lowest BCUT2D eigenvalue weighted by Crippen LogP contribution is -2.17. The van der Waals surface area contributed by atoms with E-state index in [4.69, 9.17) is 10.5 Å². The van der Waals surface area contributed by atoms with Gasteiger partial charge in [-0.3, -0.25) is 0 Å². The van der Waals surface area contributed by atoms with Gasteiger partial charge in [0.05, 0.1) is 23.9 Å². The maximum atomic E-state index is 5.86. The van der Waals surface area contributed by atoms with E-state index in [-0.39, 0.29) is 6.10 Å². The van der Waals surface area contributed by atoms with Gasteiger partial charge in [-0.15, -0.1) is 11.3 Å². The first kappa shape index (κ1) is 13.2. The molecule has 1 aromatic heterocycles. The van der Waals surface area contributed by atoms with Crippen molar-refractivity contribution in [3.05, 3.63) is 52.0 Å². The predicted octanol–water partition coefficient (Wildman–Crippen LogP) is 2.71. The summed E-state index contributed by atoms with van der Waals surface area (Å²) in [4.78, 5) is 5.52. The van der Waals surface area contributed by atoms with Gasteiger partial charge in [0.1, 0.15) is 0 Å². The molecular weight excluding hydrogens is 244 g/mol. The second-order valence-electron chi connectivity index (χ2n) is 4.12. The molecule has 0 saturated heterocycles. The van der Waals surface area contributed by atoms with E-state index in [1.807, 2.05) is 30.6 Å². The Hall–Kier alpha value is -1.23. The molecule has 1 heterocycles. The number of thiazole rings is 1. The van der Waals surface area contributed by atoms with Gasteiger partial charge in [-0.1, -0.05) is 30.3 Å². The topological polar surface area (TPSA) is 48.1 Å². The van der Waals surface area contributed by atoms with E-state index in [0.29, 0.717) is 13.2 Å². The zero-order valence-corrected chi connectivity index (χ0v) is 11.3. The van der Waals surface area contributed by atoms with Crippen molar-refractivity contribution >= 4 is 11.3 Å². The van der Waals surface area contributed by atoms with Crippen molar-refractivity contribution < 1.29 is 4.74 Å². The van der Waals surface area contributed by atoms with Crippen molar-refractivity contribution in [2.24, 2.45) is 5.73 Å². The van der Waals surface area contributed by atoms with E-state index >= 15 is 0 Å². The van der Waals surface area contributed by atoms with Crippen LogP contribution < -0.4 is 5.73 Å². The second kappa shape index (κ2) is 6.64. The number of hydrogen-bond donors (Lipinski definition) is 1. The van der Waals surface area contributed by atoms with E-state index in [2.05, 4.69) is 17.1 Å². The molecule has 0 amide bonds. The molecule has 96 valence electrons. The van der Waals surface area contributed by atoms with Gasteiger partial charge in [-0.25, -0.2) is 4.98 Å². The Bertz CT molecular complexity index is 470. The maximum absolute atomic E-state index is 5.86. The standard InChI is InChI=1S/C14H18N2OS/c1-11-14(18-10-16-11)7-8-17-13(9-15)12-5-3-2-4-6-12/h2-6,10,13H,7-9,15H2,1H3. The number of nitrogens with two attached hydrogens (primary N) is 1. The molecule has 2 rings (SSSR count). The van der Waals surface area contributed by atoms with Crippen molar-refractivity contribution in [1.82, 2.24) is 4.98 Å². The Kier molecular flexibility index (Phi) is 4.87. The van der Waals surface area contributed by atoms with Gasteiger partial charge in [0.2, 0.25) is 0 Å². The molecule has 0 spiro atoms. The maximum Gasteiger partial charge on any atom is 0.0947 e. The minimum atomic E-state index is -0.0144. The molecule has 0 saturated carbocycles. The third-order valence-corrected chi connectivity index (χ3v) is 3.87. The third-order valence-electron chi connectivity index (χ3n) is 2.88. The molecule has 1 unspecified atom stereocenters. The van der Waals surface area contributed by atoms with E-state index in [1.54, 1.807) is 11.3 Å². The molecular formula is C14H18N2OS. The van der Waals surface area contributed by atoms with E-state index in [1.165, 1.54) is 4.88 Å². The summed E-state index contributed by atoms with van der Waals surface area (Å²) in [6, 6.07) is 10.1. The summed E-state index contributed by atoms with van der Waals surface area (Å²) < 4.78 is 5.86. The first-order valence-electron chi connectivity index (χ1n) is 6.07. The third kappa shape index (κ3) is 3.38. The summed E-state index contributed by atoms with van der Waals surface area (Å²) in [7, 11) is 0. The molecule has 0 bridgehead atoms. The minimum Gasteiger partial charge on any atom is -0.372 e. The highest BCUT2D eigenvalue weighted by atomic mass is 32.1. The molecule has 0 aliphatic carbocycles. The lowest BCUT2D eigenvalue weighted by atomic mass is 10.1. The Labute approximate surface area is 112 Å². The van der Waals surface area contributed by atoms with E-state index < -0.39 is 0 Å². The van der Waals surface area contributed by atoms with Gasteiger partial charge in [0.25, 0.3) is 0 Å². The summed E-state index contributed by atoms with van der Waals surface area (Å²) in [6.45, 7) is 3.22. The van der Waals surface area contributed by atoms with Crippen LogP contribution in [0.3, 0.4) is 0 Å². The van der Waals surface area contributed by atoms with Crippen LogP contribution in [0.5, 0.6) is 0 Å². The average Bonchev–Trinajstić information content (AvgIpc) is 2.81.